The molecule has 0 saturated heterocycles. The molecule has 2 aromatic rings. The number of aryl methyl sites for hydroxylation is 1. The van der Waals surface area contributed by atoms with Crippen LogP contribution in [0.2, 0.25) is 5.15 Å². The zero-order valence-electron chi connectivity index (χ0n) is 14.7. The third-order valence-corrected chi connectivity index (χ3v) is 5.61. The summed E-state index contributed by atoms with van der Waals surface area (Å²) in [6, 6.07) is 9.90. The Balaban J connectivity index is 2.13. The second-order valence-corrected chi connectivity index (χ2v) is 8.48. The second-order valence-electron chi connectivity index (χ2n) is 6.08. The fourth-order valence-corrected chi connectivity index (χ4v) is 3.29. The molecule has 0 N–H and O–H groups in total. The average Bonchev–Trinajstić information content (AvgIpc) is 2.55. The molecule has 1 atom stereocenters. The van der Waals surface area contributed by atoms with Gasteiger partial charge in [0.05, 0.1) is 17.4 Å². The molecule has 0 fully saturated rings. The number of halogens is 1. The highest BCUT2D eigenvalue weighted by Gasteiger charge is 2.19. The van der Waals surface area contributed by atoms with Gasteiger partial charge in [0.2, 0.25) is 5.91 Å². The Hall–Kier alpha value is -1.92. The number of benzene rings is 1. The molecule has 25 heavy (non-hydrogen) atoms. The van der Waals surface area contributed by atoms with Gasteiger partial charge in [0.15, 0.2) is 9.84 Å². The largest absolute Gasteiger partial charge is 0.339 e. The van der Waals surface area contributed by atoms with Crippen LogP contribution in [0.4, 0.5) is 0 Å². The standard InChI is InChI=1S/C18H21ClN2O3S/c1-12-15(7-10-17(19)20-12)11-18(22)21(3)13(2)14-5-8-16(9-6-14)25(4,23)24/h5-10,13H,11H2,1-4H3. The summed E-state index contributed by atoms with van der Waals surface area (Å²) in [6.07, 6.45) is 1.40. The van der Waals surface area contributed by atoms with Crippen molar-refractivity contribution < 1.29 is 13.2 Å². The number of carbonyl (C=O) groups is 1. The summed E-state index contributed by atoms with van der Waals surface area (Å²) in [4.78, 5) is 18.6. The van der Waals surface area contributed by atoms with Crippen LogP contribution >= 0.6 is 11.6 Å². The third-order valence-electron chi connectivity index (χ3n) is 4.27. The summed E-state index contributed by atoms with van der Waals surface area (Å²) < 4.78 is 23.1. The van der Waals surface area contributed by atoms with Crippen molar-refractivity contribution in [1.82, 2.24) is 9.88 Å². The fraction of sp³-hybridized carbons (Fsp3) is 0.333. The monoisotopic (exact) mass is 380 g/mol. The molecule has 0 aliphatic carbocycles. The number of hydrogen-bond acceptors (Lipinski definition) is 4. The quantitative estimate of drug-likeness (QED) is 0.747. The van der Waals surface area contributed by atoms with Crippen molar-refractivity contribution in [2.45, 2.75) is 31.2 Å². The van der Waals surface area contributed by atoms with Gasteiger partial charge in [-0.15, -0.1) is 0 Å². The first kappa shape index (κ1) is 19.4. The van der Waals surface area contributed by atoms with Crippen LogP contribution in [-0.4, -0.2) is 37.5 Å². The lowest BCUT2D eigenvalue weighted by Gasteiger charge is -2.26. The van der Waals surface area contributed by atoms with Gasteiger partial charge in [-0.05, 0) is 43.2 Å². The van der Waals surface area contributed by atoms with Crippen LogP contribution in [0, 0.1) is 6.92 Å². The zero-order valence-corrected chi connectivity index (χ0v) is 16.2. The molecule has 1 aromatic carbocycles. The highest BCUT2D eigenvalue weighted by Crippen LogP contribution is 2.22. The number of pyridine rings is 1. The molecular weight excluding hydrogens is 360 g/mol. The minimum Gasteiger partial charge on any atom is -0.339 e. The summed E-state index contributed by atoms with van der Waals surface area (Å²) in [5.74, 6) is -0.0492. The number of rotatable bonds is 5. The maximum atomic E-state index is 12.6. The highest BCUT2D eigenvalue weighted by atomic mass is 35.5. The number of carbonyl (C=O) groups excluding carboxylic acids is 1. The third kappa shape index (κ3) is 4.80. The summed E-state index contributed by atoms with van der Waals surface area (Å²) in [7, 11) is -1.50. The maximum absolute atomic E-state index is 12.6. The molecule has 1 amide bonds. The first-order valence-corrected chi connectivity index (χ1v) is 10.0. The molecule has 134 valence electrons. The molecule has 0 aliphatic heterocycles. The Bertz CT molecular complexity index is 880. The molecule has 5 nitrogen and oxygen atoms in total. The van der Waals surface area contributed by atoms with Crippen molar-refractivity contribution in [2.24, 2.45) is 0 Å². The molecule has 0 bridgehead atoms. The van der Waals surface area contributed by atoms with E-state index in [4.69, 9.17) is 11.6 Å². The topological polar surface area (TPSA) is 67.3 Å². The second kappa shape index (κ2) is 7.54. The minimum atomic E-state index is -3.23. The van der Waals surface area contributed by atoms with Crippen LogP contribution in [0.25, 0.3) is 0 Å². The Kier molecular flexibility index (Phi) is 5.85. The van der Waals surface area contributed by atoms with E-state index in [-0.39, 0.29) is 23.3 Å². The van der Waals surface area contributed by atoms with E-state index in [9.17, 15) is 13.2 Å². The first-order chi connectivity index (χ1) is 11.6. The number of likely N-dealkylation sites (N-methyl/N-ethyl adjacent to an activating group) is 1. The molecule has 0 radical (unpaired) electrons. The summed E-state index contributed by atoms with van der Waals surface area (Å²) in [6.45, 7) is 3.72. The van der Waals surface area contributed by atoms with E-state index in [1.807, 2.05) is 19.9 Å². The summed E-state index contributed by atoms with van der Waals surface area (Å²) in [5.41, 5.74) is 2.44. The first-order valence-electron chi connectivity index (χ1n) is 7.77. The minimum absolute atomic E-state index is 0.0492. The smallest absolute Gasteiger partial charge is 0.227 e. The molecule has 0 saturated carbocycles. The molecule has 0 spiro atoms. The van der Waals surface area contributed by atoms with Crippen LogP contribution in [0.5, 0.6) is 0 Å². The van der Waals surface area contributed by atoms with E-state index in [1.54, 1.807) is 42.3 Å². The van der Waals surface area contributed by atoms with E-state index in [1.165, 1.54) is 6.26 Å². The van der Waals surface area contributed by atoms with E-state index in [0.717, 1.165) is 16.8 Å². The van der Waals surface area contributed by atoms with Gasteiger partial charge in [-0.1, -0.05) is 29.8 Å². The van der Waals surface area contributed by atoms with Gasteiger partial charge in [-0.2, -0.15) is 0 Å². The van der Waals surface area contributed by atoms with Gasteiger partial charge in [0.1, 0.15) is 5.15 Å². The molecule has 1 aromatic heterocycles. The Labute approximate surface area is 153 Å². The van der Waals surface area contributed by atoms with Gasteiger partial charge < -0.3 is 4.90 Å². The highest BCUT2D eigenvalue weighted by molar-refractivity contribution is 7.90. The normalized spacial score (nSPS) is 12.7. The number of amides is 1. The van der Waals surface area contributed by atoms with Gasteiger partial charge in [-0.25, -0.2) is 13.4 Å². The number of nitrogens with zero attached hydrogens (tertiary/aromatic N) is 2. The number of sulfone groups is 1. The zero-order chi connectivity index (χ0) is 18.8. The van der Waals surface area contributed by atoms with Gasteiger partial charge in [0.25, 0.3) is 0 Å². The predicted octanol–water partition coefficient (Wildman–Crippen LogP) is 3.21. The van der Waals surface area contributed by atoms with Crippen molar-refractivity contribution in [3.63, 3.8) is 0 Å². The lowest BCUT2D eigenvalue weighted by Crippen LogP contribution is -2.31. The number of aromatic nitrogens is 1. The van der Waals surface area contributed by atoms with Crippen molar-refractivity contribution in [3.05, 3.63) is 58.4 Å². The lowest BCUT2D eigenvalue weighted by molar-refractivity contribution is -0.131. The van der Waals surface area contributed by atoms with Crippen molar-refractivity contribution in [3.8, 4) is 0 Å². The van der Waals surface area contributed by atoms with Crippen LogP contribution < -0.4 is 0 Å². The molecular formula is C18H21ClN2O3S. The van der Waals surface area contributed by atoms with Gasteiger partial charge in [0, 0.05) is 19.0 Å². The summed E-state index contributed by atoms with van der Waals surface area (Å²) in [5, 5.41) is 0.404. The average molecular weight is 381 g/mol. The molecule has 1 heterocycles. The summed E-state index contributed by atoms with van der Waals surface area (Å²) >= 11 is 5.84. The van der Waals surface area contributed by atoms with Crippen LogP contribution in [0.15, 0.2) is 41.3 Å². The van der Waals surface area contributed by atoms with Crippen molar-refractivity contribution in [2.75, 3.05) is 13.3 Å². The van der Waals surface area contributed by atoms with E-state index < -0.39 is 9.84 Å². The van der Waals surface area contributed by atoms with Crippen molar-refractivity contribution >= 4 is 27.3 Å². The van der Waals surface area contributed by atoms with E-state index in [0.29, 0.717) is 5.15 Å². The maximum Gasteiger partial charge on any atom is 0.227 e. The Morgan fingerprint density at radius 2 is 1.80 bits per heavy atom. The van der Waals surface area contributed by atoms with Gasteiger partial charge in [-0.3, -0.25) is 4.79 Å². The Morgan fingerprint density at radius 1 is 1.20 bits per heavy atom. The van der Waals surface area contributed by atoms with Crippen LogP contribution in [-0.2, 0) is 21.1 Å². The van der Waals surface area contributed by atoms with Crippen LogP contribution in [0.3, 0.4) is 0 Å². The molecule has 2 rings (SSSR count). The SMILES string of the molecule is Cc1nc(Cl)ccc1CC(=O)N(C)C(C)c1ccc(S(C)(=O)=O)cc1. The Morgan fingerprint density at radius 3 is 2.32 bits per heavy atom. The van der Waals surface area contributed by atoms with Gasteiger partial charge >= 0.3 is 0 Å². The molecule has 1 unspecified atom stereocenters. The van der Waals surface area contributed by atoms with Crippen LogP contribution in [0.1, 0.15) is 29.8 Å². The molecule has 0 aliphatic rings. The lowest BCUT2D eigenvalue weighted by atomic mass is 10.1. The van der Waals surface area contributed by atoms with Crippen molar-refractivity contribution in [1.29, 1.82) is 0 Å². The van der Waals surface area contributed by atoms with E-state index >= 15 is 0 Å². The fourth-order valence-electron chi connectivity index (χ4n) is 2.47. The molecule has 7 heteroatoms. The van der Waals surface area contributed by atoms with E-state index in [2.05, 4.69) is 4.98 Å². The number of hydrogen-bond donors (Lipinski definition) is 0. The predicted molar refractivity (Wildman–Crippen MR) is 98.4 cm³/mol.